The second-order valence-corrected chi connectivity index (χ2v) is 8.74. The molecule has 1 aromatic carbocycles. The van der Waals surface area contributed by atoms with Gasteiger partial charge in [-0.15, -0.1) is 0 Å². The van der Waals surface area contributed by atoms with Crippen LogP contribution in [0.15, 0.2) is 34.7 Å². The molecule has 1 aromatic heterocycles. The number of para-hydroxylation sites is 1. The third kappa shape index (κ3) is 4.37. The van der Waals surface area contributed by atoms with Gasteiger partial charge in [-0.1, -0.05) is 52.2 Å². The summed E-state index contributed by atoms with van der Waals surface area (Å²) in [6, 6.07) is 9.40. The zero-order chi connectivity index (χ0) is 19.6. The molecule has 0 bridgehead atoms. The summed E-state index contributed by atoms with van der Waals surface area (Å²) in [5.74, 6) is 1.48. The summed E-state index contributed by atoms with van der Waals surface area (Å²) in [6.07, 6.45) is 6.05. The van der Waals surface area contributed by atoms with Crippen LogP contribution in [0.4, 0.5) is 5.69 Å². The van der Waals surface area contributed by atoms with Gasteiger partial charge in [0.05, 0.1) is 11.6 Å². The Kier molecular flexibility index (Phi) is 5.64. The Labute approximate surface area is 162 Å². The highest BCUT2D eigenvalue weighted by Crippen LogP contribution is 2.40. The number of carbonyl (C=O) groups is 1. The highest BCUT2D eigenvalue weighted by molar-refractivity contribution is 5.94. The van der Waals surface area contributed by atoms with E-state index in [0.29, 0.717) is 17.2 Å². The topological polar surface area (TPSA) is 62.5 Å². The van der Waals surface area contributed by atoms with Gasteiger partial charge in [-0.3, -0.25) is 0 Å². The molecule has 1 saturated carbocycles. The highest BCUT2D eigenvalue weighted by Gasteiger charge is 2.31. The quantitative estimate of drug-likeness (QED) is 0.647. The standard InChI is InChI=1S/C23H31NO3/c1-15-18(14-20(27-15)23(2,3)4)21(16-10-6-5-7-11-16)24-19-13-9-8-12-17(19)22(25)26/h8-9,12-14,16,21,24H,5-7,10-11H2,1-4H3,(H,25,26). The maximum atomic E-state index is 11.7. The monoisotopic (exact) mass is 369 g/mol. The number of anilines is 1. The fraction of sp³-hybridized carbons (Fsp3) is 0.522. The molecule has 1 heterocycles. The minimum absolute atomic E-state index is 0.0565. The smallest absolute Gasteiger partial charge is 0.337 e. The summed E-state index contributed by atoms with van der Waals surface area (Å²) in [5.41, 5.74) is 2.10. The number of nitrogens with one attached hydrogen (secondary N) is 1. The Morgan fingerprint density at radius 1 is 1.19 bits per heavy atom. The van der Waals surface area contributed by atoms with Crippen LogP contribution in [-0.2, 0) is 5.41 Å². The van der Waals surface area contributed by atoms with Gasteiger partial charge in [-0.05, 0) is 43.9 Å². The van der Waals surface area contributed by atoms with E-state index < -0.39 is 5.97 Å². The summed E-state index contributed by atoms with van der Waals surface area (Å²) in [4.78, 5) is 11.7. The van der Waals surface area contributed by atoms with E-state index in [4.69, 9.17) is 4.42 Å². The fourth-order valence-corrected chi connectivity index (χ4v) is 4.05. The number of hydrogen-bond acceptors (Lipinski definition) is 3. The Hall–Kier alpha value is -2.23. The Morgan fingerprint density at radius 2 is 1.85 bits per heavy atom. The van der Waals surface area contributed by atoms with E-state index in [2.05, 4.69) is 32.2 Å². The van der Waals surface area contributed by atoms with E-state index in [-0.39, 0.29) is 11.5 Å². The van der Waals surface area contributed by atoms with Gasteiger partial charge in [-0.25, -0.2) is 4.79 Å². The molecule has 0 saturated heterocycles. The van der Waals surface area contributed by atoms with Crippen molar-refractivity contribution in [3.05, 3.63) is 53.0 Å². The predicted octanol–water partition coefficient (Wildman–Crippen LogP) is 6.32. The molecule has 0 radical (unpaired) electrons. The fourth-order valence-electron chi connectivity index (χ4n) is 4.05. The molecule has 0 amide bonds. The van der Waals surface area contributed by atoms with Crippen molar-refractivity contribution in [3.8, 4) is 0 Å². The molecule has 2 aromatic rings. The number of carboxylic acids is 1. The second kappa shape index (κ2) is 7.79. The SMILES string of the molecule is Cc1oc(C(C)(C)C)cc1C(Nc1ccccc1C(=O)O)C1CCCCC1. The van der Waals surface area contributed by atoms with E-state index >= 15 is 0 Å². The lowest BCUT2D eigenvalue weighted by molar-refractivity contribution is 0.0698. The van der Waals surface area contributed by atoms with Gasteiger partial charge in [0, 0.05) is 16.7 Å². The van der Waals surface area contributed by atoms with Crippen molar-refractivity contribution in [2.24, 2.45) is 5.92 Å². The molecular weight excluding hydrogens is 338 g/mol. The minimum atomic E-state index is -0.903. The van der Waals surface area contributed by atoms with Gasteiger partial charge in [0.1, 0.15) is 11.5 Å². The molecular formula is C23H31NO3. The molecule has 0 aliphatic heterocycles. The van der Waals surface area contributed by atoms with Gasteiger partial charge in [0.15, 0.2) is 0 Å². The Bertz CT molecular complexity index is 794. The number of aryl methyl sites for hydroxylation is 1. The van der Waals surface area contributed by atoms with E-state index in [1.54, 1.807) is 12.1 Å². The maximum absolute atomic E-state index is 11.7. The number of rotatable bonds is 5. The Balaban J connectivity index is 2.00. The number of hydrogen-bond donors (Lipinski definition) is 2. The van der Waals surface area contributed by atoms with Gasteiger partial charge >= 0.3 is 5.97 Å². The zero-order valence-electron chi connectivity index (χ0n) is 16.8. The van der Waals surface area contributed by atoms with Crippen molar-refractivity contribution in [3.63, 3.8) is 0 Å². The van der Waals surface area contributed by atoms with Crippen molar-refractivity contribution >= 4 is 11.7 Å². The van der Waals surface area contributed by atoms with Crippen molar-refractivity contribution in [2.75, 3.05) is 5.32 Å². The molecule has 2 N–H and O–H groups in total. The van der Waals surface area contributed by atoms with Crippen molar-refractivity contribution in [1.82, 2.24) is 0 Å². The Morgan fingerprint density at radius 3 is 2.44 bits per heavy atom. The summed E-state index contributed by atoms with van der Waals surface area (Å²) in [6.45, 7) is 8.47. The molecule has 3 rings (SSSR count). The summed E-state index contributed by atoms with van der Waals surface area (Å²) < 4.78 is 6.11. The average Bonchev–Trinajstić information content (AvgIpc) is 3.02. The van der Waals surface area contributed by atoms with E-state index in [9.17, 15) is 9.90 Å². The van der Waals surface area contributed by atoms with Crippen LogP contribution in [0.25, 0.3) is 0 Å². The number of carboxylic acid groups (broad SMARTS) is 1. The minimum Gasteiger partial charge on any atom is -0.478 e. The first-order valence-electron chi connectivity index (χ1n) is 9.97. The normalized spacial score (nSPS) is 16.9. The molecule has 1 fully saturated rings. The molecule has 146 valence electrons. The van der Waals surface area contributed by atoms with Crippen LogP contribution >= 0.6 is 0 Å². The second-order valence-electron chi connectivity index (χ2n) is 8.74. The summed E-state index contributed by atoms with van der Waals surface area (Å²) >= 11 is 0. The molecule has 1 aliphatic rings. The molecule has 4 nitrogen and oxygen atoms in total. The van der Waals surface area contributed by atoms with Crippen LogP contribution in [0.1, 0.15) is 86.4 Å². The van der Waals surface area contributed by atoms with Crippen LogP contribution in [0, 0.1) is 12.8 Å². The van der Waals surface area contributed by atoms with Crippen molar-refractivity contribution in [2.45, 2.75) is 71.3 Å². The maximum Gasteiger partial charge on any atom is 0.337 e. The highest BCUT2D eigenvalue weighted by atomic mass is 16.4. The number of furan rings is 1. The number of aromatic carboxylic acids is 1. The summed E-state index contributed by atoms with van der Waals surface area (Å²) in [7, 11) is 0. The average molecular weight is 370 g/mol. The van der Waals surface area contributed by atoms with Crippen molar-refractivity contribution in [1.29, 1.82) is 0 Å². The summed E-state index contributed by atoms with van der Waals surface area (Å²) in [5, 5.41) is 13.1. The van der Waals surface area contributed by atoms with E-state index in [1.165, 1.54) is 19.3 Å². The van der Waals surface area contributed by atoms with Gasteiger partial charge in [0.25, 0.3) is 0 Å². The third-order valence-electron chi connectivity index (χ3n) is 5.62. The first-order chi connectivity index (χ1) is 12.8. The first-order valence-corrected chi connectivity index (χ1v) is 9.97. The van der Waals surface area contributed by atoms with Gasteiger partial charge in [0.2, 0.25) is 0 Å². The number of benzene rings is 1. The van der Waals surface area contributed by atoms with Crippen LogP contribution in [0.3, 0.4) is 0 Å². The predicted molar refractivity (Wildman–Crippen MR) is 108 cm³/mol. The lowest BCUT2D eigenvalue weighted by Gasteiger charge is -2.32. The lowest BCUT2D eigenvalue weighted by Crippen LogP contribution is -2.24. The molecule has 27 heavy (non-hydrogen) atoms. The molecule has 0 spiro atoms. The lowest BCUT2D eigenvalue weighted by atomic mass is 9.80. The molecule has 4 heteroatoms. The molecule has 1 unspecified atom stereocenters. The molecule has 1 atom stereocenters. The van der Waals surface area contributed by atoms with Gasteiger partial charge < -0.3 is 14.8 Å². The van der Waals surface area contributed by atoms with Gasteiger partial charge in [-0.2, -0.15) is 0 Å². The van der Waals surface area contributed by atoms with Crippen molar-refractivity contribution < 1.29 is 14.3 Å². The van der Waals surface area contributed by atoms with Crippen LogP contribution in [0.2, 0.25) is 0 Å². The first kappa shape index (κ1) is 19.5. The van der Waals surface area contributed by atoms with Crippen LogP contribution < -0.4 is 5.32 Å². The van der Waals surface area contributed by atoms with Crippen LogP contribution in [0.5, 0.6) is 0 Å². The van der Waals surface area contributed by atoms with E-state index in [0.717, 1.165) is 29.9 Å². The zero-order valence-corrected chi connectivity index (χ0v) is 16.8. The largest absolute Gasteiger partial charge is 0.478 e. The third-order valence-corrected chi connectivity index (χ3v) is 5.62. The van der Waals surface area contributed by atoms with E-state index in [1.807, 2.05) is 19.1 Å². The molecule has 1 aliphatic carbocycles. The van der Waals surface area contributed by atoms with Crippen LogP contribution in [-0.4, -0.2) is 11.1 Å².